The number of nitrogens with zero attached hydrogens (tertiary/aromatic N) is 2. The van der Waals surface area contributed by atoms with Crippen molar-refractivity contribution in [1.82, 2.24) is 9.71 Å². The molecule has 0 aliphatic heterocycles. The van der Waals surface area contributed by atoms with Crippen molar-refractivity contribution in [3.8, 4) is 28.4 Å². The minimum atomic E-state index is 0.111. The molecule has 0 saturated heterocycles. The average molecular weight is 336 g/mol. The van der Waals surface area contributed by atoms with Gasteiger partial charge in [-0.2, -0.15) is 4.73 Å². The number of aromatic hydroxyl groups is 1. The van der Waals surface area contributed by atoms with Gasteiger partial charge >= 0.3 is 0 Å². The number of phenolic OH excluding ortho intramolecular Hbond substituents is 1. The summed E-state index contributed by atoms with van der Waals surface area (Å²) in [7, 11) is 0. The summed E-state index contributed by atoms with van der Waals surface area (Å²) >= 11 is 0. The second-order valence-electron chi connectivity index (χ2n) is 6.24. The molecule has 0 atom stereocenters. The highest BCUT2D eigenvalue weighted by atomic mass is 16.5. The van der Waals surface area contributed by atoms with Crippen molar-refractivity contribution >= 4 is 0 Å². The van der Waals surface area contributed by atoms with E-state index in [-0.39, 0.29) is 5.75 Å². The molecule has 1 heterocycles. The first kappa shape index (κ1) is 17.1. The lowest BCUT2D eigenvalue weighted by Crippen LogP contribution is -2.01. The van der Waals surface area contributed by atoms with Gasteiger partial charge in [0.25, 0.3) is 0 Å². The molecule has 1 aromatic heterocycles. The lowest BCUT2D eigenvalue weighted by Gasteiger charge is -2.07. The zero-order chi connectivity index (χ0) is 17.6. The van der Waals surface area contributed by atoms with Gasteiger partial charge in [0.05, 0.1) is 17.0 Å². The van der Waals surface area contributed by atoms with E-state index in [4.69, 9.17) is 0 Å². The van der Waals surface area contributed by atoms with Crippen molar-refractivity contribution in [2.24, 2.45) is 0 Å². The fraction of sp³-hybridized carbons (Fsp3) is 0.286. The molecule has 0 spiro atoms. The van der Waals surface area contributed by atoms with Crippen molar-refractivity contribution in [2.45, 2.75) is 39.0 Å². The molecule has 0 fully saturated rings. The summed E-state index contributed by atoms with van der Waals surface area (Å²) in [6.45, 7) is 2.18. The third-order valence-electron chi connectivity index (χ3n) is 4.41. The van der Waals surface area contributed by atoms with Gasteiger partial charge in [0.2, 0.25) is 0 Å². The van der Waals surface area contributed by atoms with Crippen LogP contribution in [0, 0.1) is 0 Å². The van der Waals surface area contributed by atoms with Crippen molar-refractivity contribution < 1.29 is 10.3 Å². The molecule has 0 aliphatic carbocycles. The number of hydrogen-bond acceptors (Lipinski definition) is 3. The van der Waals surface area contributed by atoms with Crippen molar-refractivity contribution in [2.75, 3.05) is 0 Å². The van der Waals surface area contributed by atoms with Crippen LogP contribution >= 0.6 is 0 Å². The normalized spacial score (nSPS) is 10.9. The Bertz CT molecular complexity index is 825. The minimum absolute atomic E-state index is 0.111. The molecule has 0 radical (unpaired) electrons. The lowest BCUT2D eigenvalue weighted by atomic mass is 10.1. The Morgan fingerprint density at radius 1 is 0.920 bits per heavy atom. The number of rotatable bonds is 7. The Hall–Kier alpha value is -2.75. The highest BCUT2D eigenvalue weighted by Gasteiger charge is 2.20. The quantitative estimate of drug-likeness (QED) is 0.456. The van der Waals surface area contributed by atoms with Crippen molar-refractivity contribution in [3.63, 3.8) is 0 Å². The minimum Gasteiger partial charge on any atom is -0.507 e. The van der Waals surface area contributed by atoms with Gasteiger partial charge in [-0.3, -0.25) is 0 Å². The van der Waals surface area contributed by atoms with Gasteiger partial charge in [0, 0.05) is 5.56 Å². The molecule has 4 nitrogen and oxygen atoms in total. The van der Waals surface area contributed by atoms with Gasteiger partial charge in [-0.1, -0.05) is 68.7 Å². The molecule has 4 heteroatoms. The van der Waals surface area contributed by atoms with E-state index in [1.165, 1.54) is 12.8 Å². The van der Waals surface area contributed by atoms with Crippen LogP contribution in [0.2, 0.25) is 0 Å². The number of unbranched alkanes of at least 4 members (excludes halogenated alkanes) is 3. The summed E-state index contributed by atoms with van der Waals surface area (Å²) in [5.74, 6) is 0.488. The monoisotopic (exact) mass is 336 g/mol. The van der Waals surface area contributed by atoms with Crippen LogP contribution in [0.25, 0.3) is 22.6 Å². The van der Waals surface area contributed by atoms with Gasteiger partial charge < -0.3 is 10.3 Å². The van der Waals surface area contributed by atoms with Crippen LogP contribution in [0.3, 0.4) is 0 Å². The molecule has 0 bridgehead atoms. The zero-order valence-corrected chi connectivity index (χ0v) is 14.5. The standard InChI is InChI=1S/C21H24N2O2/c1-2-3-4-8-14-18-20(16-11-6-5-7-12-16)22-21(23(18)25)17-13-9-10-15-19(17)24/h5-7,9-13,15,24-25H,2-4,8,14H2,1H3. The Labute approximate surface area is 148 Å². The van der Waals surface area contributed by atoms with E-state index in [1.807, 2.05) is 36.4 Å². The van der Waals surface area contributed by atoms with E-state index in [1.54, 1.807) is 18.2 Å². The molecule has 25 heavy (non-hydrogen) atoms. The largest absolute Gasteiger partial charge is 0.507 e. The molecule has 3 aromatic rings. The maximum absolute atomic E-state index is 10.7. The summed E-state index contributed by atoms with van der Waals surface area (Å²) in [5, 5.41) is 20.9. The third kappa shape index (κ3) is 3.68. The summed E-state index contributed by atoms with van der Waals surface area (Å²) < 4.78 is 1.14. The lowest BCUT2D eigenvalue weighted by molar-refractivity contribution is 0.181. The number of hydrogen-bond donors (Lipinski definition) is 2. The Balaban J connectivity index is 2.03. The molecule has 3 rings (SSSR count). The fourth-order valence-electron chi connectivity index (χ4n) is 3.05. The van der Waals surface area contributed by atoms with E-state index in [0.29, 0.717) is 11.4 Å². The number of para-hydroxylation sites is 1. The smallest absolute Gasteiger partial charge is 0.179 e. The first-order valence-corrected chi connectivity index (χ1v) is 8.87. The van der Waals surface area contributed by atoms with E-state index >= 15 is 0 Å². The van der Waals surface area contributed by atoms with Crippen LogP contribution in [0.15, 0.2) is 54.6 Å². The summed E-state index contributed by atoms with van der Waals surface area (Å²) in [5.41, 5.74) is 3.07. The molecule has 0 aliphatic rings. The Kier molecular flexibility index (Phi) is 5.39. The first-order valence-electron chi connectivity index (χ1n) is 8.87. The van der Waals surface area contributed by atoms with Gasteiger partial charge in [-0.15, -0.1) is 0 Å². The molecule has 2 aromatic carbocycles. The van der Waals surface area contributed by atoms with Gasteiger partial charge in [-0.25, -0.2) is 4.98 Å². The maximum Gasteiger partial charge on any atom is 0.179 e. The zero-order valence-electron chi connectivity index (χ0n) is 14.5. The fourth-order valence-corrected chi connectivity index (χ4v) is 3.05. The van der Waals surface area contributed by atoms with Crippen LogP contribution in [-0.4, -0.2) is 20.0 Å². The number of imidazole rings is 1. The van der Waals surface area contributed by atoms with E-state index < -0.39 is 0 Å². The van der Waals surface area contributed by atoms with Crippen molar-refractivity contribution in [1.29, 1.82) is 0 Å². The van der Waals surface area contributed by atoms with E-state index in [9.17, 15) is 10.3 Å². The van der Waals surface area contributed by atoms with Crippen LogP contribution in [-0.2, 0) is 6.42 Å². The third-order valence-corrected chi connectivity index (χ3v) is 4.41. The van der Waals surface area contributed by atoms with Crippen LogP contribution in [0.5, 0.6) is 5.75 Å². The van der Waals surface area contributed by atoms with Gasteiger partial charge in [0.15, 0.2) is 5.82 Å². The highest BCUT2D eigenvalue weighted by molar-refractivity contribution is 5.71. The second kappa shape index (κ2) is 7.88. The number of aromatic nitrogens is 2. The van der Waals surface area contributed by atoms with Crippen LogP contribution < -0.4 is 0 Å². The highest BCUT2D eigenvalue weighted by Crippen LogP contribution is 2.33. The number of phenols is 1. The summed E-state index contributed by atoms with van der Waals surface area (Å²) in [6.07, 6.45) is 5.24. The molecular weight excluding hydrogens is 312 g/mol. The predicted octanol–water partition coefficient (Wildman–Crippen LogP) is 5.28. The number of benzene rings is 2. The topological polar surface area (TPSA) is 58.3 Å². The summed E-state index contributed by atoms with van der Waals surface area (Å²) in [4.78, 5) is 4.66. The predicted molar refractivity (Wildman–Crippen MR) is 99.8 cm³/mol. The van der Waals surface area contributed by atoms with E-state index in [2.05, 4.69) is 11.9 Å². The second-order valence-corrected chi connectivity index (χ2v) is 6.24. The molecular formula is C21H24N2O2. The Morgan fingerprint density at radius 3 is 2.36 bits per heavy atom. The average Bonchev–Trinajstić information content (AvgIpc) is 2.96. The molecule has 2 N–H and O–H groups in total. The molecule has 130 valence electrons. The maximum atomic E-state index is 10.7. The van der Waals surface area contributed by atoms with E-state index in [0.717, 1.165) is 40.9 Å². The van der Waals surface area contributed by atoms with Crippen molar-refractivity contribution in [3.05, 3.63) is 60.3 Å². The van der Waals surface area contributed by atoms with Crippen LogP contribution in [0.1, 0.15) is 38.3 Å². The molecule has 0 unspecified atom stereocenters. The summed E-state index contributed by atoms with van der Waals surface area (Å²) in [6, 6.07) is 16.8. The Morgan fingerprint density at radius 2 is 1.64 bits per heavy atom. The SMILES string of the molecule is CCCCCCc1c(-c2ccccc2)nc(-c2ccccc2O)n1O. The first-order chi connectivity index (χ1) is 12.2. The molecule has 0 amide bonds. The van der Waals surface area contributed by atoms with Gasteiger partial charge in [-0.05, 0) is 25.0 Å². The molecule has 0 saturated carbocycles. The van der Waals surface area contributed by atoms with Crippen LogP contribution in [0.4, 0.5) is 0 Å². The van der Waals surface area contributed by atoms with Gasteiger partial charge in [0.1, 0.15) is 5.75 Å².